The van der Waals surface area contributed by atoms with Gasteiger partial charge in [-0.1, -0.05) is 12.2 Å². The van der Waals surface area contributed by atoms with Gasteiger partial charge in [-0.15, -0.1) is 11.3 Å². The van der Waals surface area contributed by atoms with Crippen LogP contribution in [0.2, 0.25) is 0 Å². The molecule has 3 heterocycles. The molecule has 3 aliphatic rings. The molecule has 2 aromatic heterocycles. The monoisotopic (exact) mass is 632 g/mol. The summed E-state index contributed by atoms with van der Waals surface area (Å²) in [6, 6.07) is 5.70. The van der Waals surface area contributed by atoms with Gasteiger partial charge in [0.25, 0.3) is 0 Å². The molecule has 3 aromatic rings. The Kier molecular flexibility index (Phi) is 8.81. The SMILES string of the molecule is CCOC(=O)[C@@]12C[C@@H]1/C=C\CCCCN(C)C(=O)[C@@H]1C[C@H](Oc3cc(-c4nccs4)nc4c(C)c(OC)ccc34)C[C@H]1C(=O)N2. The molecule has 238 valence electrons. The molecule has 5 atom stereocenters. The maximum absolute atomic E-state index is 14.0. The van der Waals surface area contributed by atoms with E-state index in [0.717, 1.165) is 46.5 Å². The normalized spacial score (nSPS) is 27.6. The van der Waals surface area contributed by atoms with Crippen molar-refractivity contribution < 1.29 is 28.6 Å². The Labute approximate surface area is 267 Å². The molecule has 1 N–H and O–H groups in total. The van der Waals surface area contributed by atoms with E-state index in [9.17, 15) is 14.4 Å². The number of carbonyl (C=O) groups excluding carboxylic acids is 3. The highest BCUT2D eigenvalue weighted by molar-refractivity contribution is 7.13. The third kappa shape index (κ3) is 6.02. The zero-order chi connectivity index (χ0) is 31.7. The molecule has 0 spiro atoms. The molecular weight excluding hydrogens is 592 g/mol. The van der Waals surface area contributed by atoms with Crippen LogP contribution >= 0.6 is 11.3 Å². The highest BCUT2D eigenvalue weighted by Crippen LogP contribution is 2.47. The Bertz CT molecular complexity index is 1620. The Morgan fingerprint density at radius 1 is 1.18 bits per heavy atom. The maximum Gasteiger partial charge on any atom is 0.332 e. The molecule has 2 saturated carbocycles. The average Bonchev–Trinajstić information content (AvgIpc) is 3.35. The third-order valence-corrected chi connectivity index (χ3v) is 10.1. The van der Waals surface area contributed by atoms with E-state index in [4.69, 9.17) is 19.2 Å². The van der Waals surface area contributed by atoms with Crippen LogP contribution in [0.3, 0.4) is 0 Å². The van der Waals surface area contributed by atoms with Gasteiger partial charge in [0.15, 0.2) is 0 Å². The fourth-order valence-electron chi connectivity index (χ4n) is 6.77. The number of amides is 2. The fourth-order valence-corrected chi connectivity index (χ4v) is 7.37. The second kappa shape index (κ2) is 12.8. The molecular formula is C34H40N4O6S. The summed E-state index contributed by atoms with van der Waals surface area (Å²) in [4.78, 5) is 52.1. The number of methoxy groups -OCH3 is 1. The number of hydrogen-bond acceptors (Lipinski definition) is 9. The summed E-state index contributed by atoms with van der Waals surface area (Å²) in [5, 5.41) is 6.53. The molecule has 6 rings (SSSR count). The van der Waals surface area contributed by atoms with Crippen molar-refractivity contribution in [1.29, 1.82) is 0 Å². The number of aryl methyl sites for hydroxylation is 1. The molecule has 0 radical (unpaired) electrons. The van der Waals surface area contributed by atoms with Crippen LogP contribution in [-0.4, -0.2) is 71.6 Å². The Balaban J connectivity index is 1.33. The number of fused-ring (bicyclic) bond motifs is 3. The zero-order valence-corrected chi connectivity index (χ0v) is 27.0. The van der Waals surface area contributed by atoms with Crippen LogP contribution in [0.4, 0.5) is 0 Å². The van der Waals surface area contributed by atoms with Gasteiger partial charge in [-0.25, -0.2) is 14.8 Å². The second-order valence-corrected chi connectivity index (χ2v) is 13.1. The highest BCUT2D eigenvalue weighted by Gasteiger charge is 2.62. The second-order valence-electron chi connectivity index (χ2n) is 12.2. The number of benzene rings is 1. The number of nitrogens with zero attached hydrogens (tertiary/aromatic N) is 3. The van der Waals surface area contributed by atoms with Gasteiger partial charge >= 0.3 is 5.97 Å². The first kappa shape index (κ1) is 31.0. The number of aromatic nitrogens is 2. The standard InChI is InChI=1S/C34H40N4O6S/c1-5-43-33(41)34-19-21(34)10-8-6-7-9-14-38(3)32(40)25-17-22(16-24(25)30(39)37-34)44-28-18-26(31-35-13-15-45-31)36-29-20(2)27(42-4)12-11-23(28)29/h8,10-13,15,18,21-22,24-25H,5-7,9,14,16-17,19H2,1-4H3,(H,37,39)/b10-8-/t21-,22+,24+,25+,34+/m0/s1. The first-order valence-electron chi connectivity index (χ1n) is 15.7. The van der Waals surface area contributed by atoms with Gasteiger partial charge in [-0.2, -0.15) is 0 Å². The van der Waals surface area contributed by atoms with Crippen molar-refractivity contribution in [2.24, 2.45) is 17.8 Å². The lowest BCUT2D eigenvalue weighted by Crippen LogP contribution is -2.50. The molecule has 0 bridgehead atoms. The minimum Gasteiger partial charge on any atom is -0.496 e. The van der Waals surface area contributed by atoms with E-state index < -0.39 is 29.4 Å². The van der Waals surface area contributed by atoms with Gasteiger partial charge in [0.2, 0.25) is 11.8 Å². The molecule has 2 amide bonds. The Hall–Kier alpha value is -3.99. The number of thiazole rings is 1. The van der Waals surface area contributed by atoms with Crippen LogP contribution in [0, 0.1) is 24.7 Å². The molecule has 45 heavy (non-hydrogen) atoms. The van der Waals surface area contributed by atoms with Crippen LogP contribution in [-0.2, 0) is 19.1 Å². The van der Waals surface area contributed by atoms with Crippen molar-refractivity contribution in [3.8, 4) is 22.2 Å². The molecule has 0 unspecified atom stereocenters. The van der Waals surface area contributed by atoms with Crippen molar-refractivity contribution in [3.63, 3.8) is 0 Å². The molecule has 2 aliphatic carbocycles. The summed E-state index contributed by atoms with van der Waals surface area (Å²) in [7, 11) is 3.43. The molecule has 1 aliphatic heterocycles. The van der Waals surface area contributed by atoms with E-state index >= 15 is 0 Å². The minimum absolute atomic E-state index is 0.0741. The van der Waals surface area contributed by atoms with Gasteiger partial charge in [0.1, 0.15) is 33.8 Å². The van der Waals surface area contributed by atoms with Crippen LogP contribution in [0.15, 0.2) is 41.9 Å². The summed E-state index contributed by atoms with van der Waals surface area (Å²) in [5.41, 5.74) is 1.21. The molecule has 1 aromatic carbocycles. The van der Waals surface area contributed by atoms with Gasteiger partial charge in [-0.3, -0.25) is 9.59 Å². The van der Waals surface area contributed by atoms with E-state index in [1.165, 1.54) is 11.3 Å². The molecule has 0 saturated heterocycles. The summed E-state index contributed by atoms with van der Waals surface area (Å²) >= 11 is 1.49. The number of pyridine rings is 1. The predicted molar refractivity (Wildman–Crippen MR) is 171 cm³/mol. The predicted octanol–water partition coefficient (Wildman–Crippen LogP) is 5.09. The number of nitrogens with one attached hydrogen (secondary N) is 1. The van der Waals surface area contributed by atoms with Crippen LogP contribution in [0.1, 0.15) is 51.0 Å². The lowest BCUT2D eigenvalue weighted by atomic mass is 9.93. The summed E-state index contributed by atoms with van der Waals surface area (Å²) < 4.78 is 17.7. The van der Waals surface area contributed by atoms with E-state index in [0.29, 0.717) is 37.3 Å². The fraction of sp³-hybridized carbons (Fsp3) is 0.500. The van der Waals surface area contributed by atoms with Gasteiger partial charge in [0.05, 0.1) is 31.1 Å². The third-order valence-electron chi connectivity index (χ3n) is 9.34. The molecule has 10 nitrogen and oxygen atoms in total. The van der Waals surface area contributed by atoms with Gasteiger partial charge < -0.3 is 24.4 Å². The quantitative estimate of drug-likeness (QED) is 0.295. The number of allylic oxidation sites excluding steroid dienone is 1. The number of carbonyl (C=O) groups is 3. The molecule has 11 heteroatoms. The maximum atomic E-state index is 14.0. The van der Waals surface area contributed by atoms with Crippen LogP contribution in [0.5, 0.6) is 11.5 Å². The summed E-state index contributed by atoms with van der Waals surface area (Å²) in [6.07, 6.45) is 9.27. The van der Waals surface area contributed by atoms with Gasteiger partial charge in [0, 0.05) is 48.1 Å². The van der Waals surface area contributed by atoms with E-state index in [2.05, 4.69) is 16.4 Å². The zero-order valence-electron chi connectivity index (χ0n) is 26.2. The van der Waals surface area contributed by atoms with Crippen molar-refractivity contribution in [3.05, 3.63) is 47.5 Å². The smallest absolute Gasteiger partial charge is 0.332 e. The number of esters is 1. The van der Waals surface area contributed by atoms with Gasteiger partial charge in [-0.05, 0) is 64.5 Å². The van der Waals surface area contributed by atoms with E-state index in [1.807, 2.05) is 36.6 Å². The lowest BCUT2D eigenvalue weighted by molar-refractivity contribution is -0.150. The highest BCUT2D eigenvalue weighted by atomic mass is 32.1. The lowest BCUT2D eigenvalue weighted by Gasteiger charge is -2.26. The van der Waals surface area contributed by atoms with Crippen molar-refractivity contribution in [1.82, 2.24) is 20.2 Å². The topological polar surface area (TPSA) is 120 Å². The summed E-state index contributed by atoms with van der Waals surface area (Å²) in [6.45, 7) is 4.57. The largest absolute Gasteiger partial charge is 0.496 e. The average molecular weight is 633 g/mol. The molecule has 2 fully saturated rings. The number of ether oxygens (including phenoxy) is 3. The van der Waals surface area contributed by atoms with Crippen LogP contribution in [0.25, 0.3) is 21.6 Å². The van der Waals surface area contributed by atoms with Crippen molar-refractivity contribution in [2.75, 3.05) is 27.3 Å². The first-order valence-corrected chi connectivity index (χ1v) is 16.6. The first-order chi connectivity index (χ1) is 21.8. The van der Waals surface area contributed by atoms with E-state index in [1.54, 1.807) is 32.2 Å². The van der Waals surface area contributed by atoms with E-state index in [-0.39, 0.29) is 24.3 Å². The minimum atomic E-state index is -1.09. The summed E-state index contributed by atoms with van der Waals surface area (Å²) in [5.74, 6) is -0.830. The Morgan fingerprint density at radius 3 is 2.76 bits per heavy atom. The van der Waals surface area contributed by atoms with Crippen molar-refractivity contribution in [2.45, 2.75) is 64.0 Å². The van der Waals surface area contributed by atoms with Crippen LogP contribution < -0.4 is 14.8 Å². The Morgan fingerprint density at radius 2 is 2.00 bits per heavy atom. The number of hydrogen-bond donors (Lipinski definition) is 1. The van der Waals surface area contributed by atoms with Crippen molar-refractivity contribution >= 4 is 40.0 Å². The number of rotatable bonds is 6.